The summed E-state index contributed by atoms with van der Waals surface area (Å²) in [6.07, 6.45) is 6.83. The summed E-state index contributed by atoms with van der Waals surface area (Å²) in [7, 11) is 0. The summed E-state index contributed by atoms with van der Waals surface area (Å²) >= 11 is 0. The maximum atomic E-state index is 13.2. The summed E-state index contributed by atoms with van der Waals surface area (Å²) in [5.74, 6) is 0.123. The SMILES string of the molecule is CCCCNC(=O)c1ccc(-c2ccc(C(=O)N3CCCC3CN3CCCC3)cc2)cc1. The lowest BCUT2D eigenvalue weighted by Gasteiger charge is -2.28. The topological polar surface area (TPSA) is 52.7 Å². The van der Waals surface area contributed by atoms with Crippen LogP contribution in [0.5, 0.6) is 0 Å². The molecule has 5 nitrogen and oxygen atoms in total. The first-order chi connectivity index (χ1) is 15.7. The third kappa shape index (κ3) is 5.39. The average molecular weight is 434 g/mol. The van der Waals surface area contributed by atoms with Gasteiger partial charge in [-0.2, -0.15) is 0 Å². The zero-order valence-electron chi connectivity index (χ0n) is 19.2. The van der Waals surface area contributed by atoms with Crippen LogP contribution in [-0.4, -0.2) is 60.4 Å². The molecule has 2 aliphatic rings. The van der Waals surface area contributed by atoms with E-state index in [2.05, 4.69) is 22.0 Å². The molecule has 32 heavy (non-hydrogen) atoms. The van der Waals surface area contributed by atoms with Crippen molar-refractivity contribution in [2.75, 3.05) is 32.7 Å². The number of benzene rings is 2. The molecule has 1 atom stereocenters. The lowest BCUT2D eigenvalue weighted by molar-refractivity contribution is 0.0708. The van der Waals surface area contributed by atoms with Crippen LogP contribution in [0.1, 0.15) is 66.2 Å². The molecular formula is C27H35N3O2. The Hall–Kier alpha value is -2.66. The first-order valence-corrected chi connectivity index (χ1v) is 12.2. The lowest BCUT2D eigenvalue weighted by Crippen LogP contribution is -2.42. The fraction of sp³-hybridized carbons (Fsp3) is 0.481. The molecule has 0 radical (unpaired) electrons. The summed E-state index contributed by atoms with van der Waals surface area (Å²) in [6, 6.07) is 15.9. The van der Waals surface area contributed by atoms with Gasteiger partial charge in [-0.1, -0.05) is 37.6 Å². The third-order valence-corrected chi connectivity index (χ3v) is 6.73. The molecule has 2 heterocycles. The summed E-state index contributed by atoms with van der Waals surface area (Å²) in [5.41, 5.74) is 3.53. The summed E-state index contributed by atoms with van der Waals surface area (Å²) in [5, 5.41) is 2.95. The average Bonchev–Trinajstić information content (AvgIpc) is 3.51. The van der Waals surface area contributed by atoms with Crippen LogP contribution in [0.25, 0.3) is 11.1 Å². The van der Waals surface area contributed by atoms with Gasteiger partial charge in [-0.3, -0.25) is 9.59 Å². The maximum Gasteiger partial charge on any atom is 0.254 e. The van der Waals surface area contributed by atoms with E-state index in [1.54, 1.807) is 0 Å². The van der Waals surface area contributed by atoms with E-state index in [0.29, 0.717) is 18.2 Å². The number of amides is 2. The number of likely N-dealkylation sites (tertiary alicyclic amines) is 2. The highest BCUT2D eigenvalue weighted by molar-refractivity contribution is 5.96. The van der Waals surface area contributed by atoms with Crippen molar-refractivity contribution in [1.29, 1.82) is 0 Å². The molecule has 170 valence electrons. The summed E-state index contributed by atoms with van der Waals surface area (Å²) in [6.45, 7) is 7.04. The largest absolute Gasteiger partial charge is 0.352 e. The van der Waals surface area contributed by atoms with Gasteiger partial charge in [0.05, 0.1) is 0 Å². The van der Waals surface area contributed by atoms with Gasteiger partial charge in [-0.05, 0) is 80.6 Å². The molecule has 4 rings (SSSR count). The van der Waals surface area contributed by atoms with Gasteiger partial charge in [-0.15, -0.1) is 0 Å². The Morgan fingerprint density at radius 3 is 2.12 bits per heavy atom. The molecule has 0 aliphatic carbocycles. The monoisotopic (exact) mass is 433 g/mol. The maximum absolute atomic E-state index is 13.2. The number of carbonyl (C=O) groups is 2. The van der Waals surface area contributed by atoms with Gasteiger partial charge in [-0.25, -0.2) is 0 Å². The Labute approximate surface area is 191 Å². The number of nitrogens with one attached hydrogen (secondary N) is 1. The lowest BCUT2D eigenvalue weighted by atomic mass is 10.0. The molecule has 0 bridgehead atoms. The van der Waals surface area contributed by atoms with Gasteiger partial charge >= 0.3 is 0 Å². The highest BCUT2D eigenvalue weighted by Crippen LogP contribution is 2.25. The number of hydrogen-bond donors (Lipinski definition) is 1. The van der Waals surface area contributed by atoms with Crippen molar-refractivity contribution in [2.24, 2.45) is 0 Å². The number of nitrogens with zero attached hydrogens (tertiary/aromatic N) is 2. The van der Waals surface area contributed by atoms with Gasteiger partial charge in [0.1, 0.15) is 0 Å². The van der Waals surface area contributed by atoms with Crippen molar-refractivity contribution in [2.45, 2.75) is 51.5 Å². The second kappa shape index (κ2) is 10.8. The Balaban J connectivity index is 1.38. The van der Waals surface area contributed by atoms with Crippen molar-refractivity contribution >= 4 is 11.8 Å². The minimum Gasteiger partial charge on any atom is -0.352 e. The predicted molar refractivity (Wildman–Crippen MR) is 129 cm³/mol. The van der Waals surface area contributed by atoms with Crippen LogP contribution in [0.2, 0.25) is 0 Å². The quantitative estimate of drug-likeness (QED) is 0.620. The molecule has 0 saturated carbocycles. The van der Waals surface area contributed by atoms with Crippen LogP contribution in [0, 0.1) is 0 Å². The molecule has 2 aromatic carbocycles. The van der Waals surface area contributed by atoms with Crippen LogP contribution in [0.3, 0.4) is 0 Å². The van der Waals surface area contributed by atoms with E-state index >= 15 is 0 Å². The Morgan fingerprint density at radius 1 is 0.875 bits per heavy atom. The molecule has 2 aliphatic heterocycles. The van der Waals surface area contributed by atoms with E-state index in [9.17, 15) is 9.59 Å². The fourth-order valence-corrected chi connectivity index (χ4v) is 4.82. The Morgan fingerprint density at radius 2 is 1.50 bits per heavy atom. The zero-order chi connectivity index (χ0) is 22.3. The third-order valence-electron chi connectivity index (χ3n) is 6.73. The molecule has 5 heteroatoms. The second-order valence-electron chi connectivity index (χ2n) is 9.07. The molecule has 2 fully saturated rings. The number of hydrogen-bond acceptors (Lipinski definition) is 3. The molecule has 2 amide bonds. The van der Waals surface area contributed by atoms with Gasteiger partial charge in [0.15, 0.2) is 0 Å². The zero-order valence-corrected chi connectivity index (χ0v) is 19.2. The van der Waals surface area contributed by atoms with Crippen molar-refractivity contribution in [3.63, 3.8) is 0 Å². The minimum absolute atomic E-state index is 0.0277. The van der Waals surface area contributed by atoms with E-state index in [1.807, 2.05) is 48.5 Å². The van der Waals surface area contributed by atoms with Crippen molar-refractivity contribution in [3.8, 4) is 11.1 Å². The smallest absolute Gasteiger partial charge is 0.254 e. The van der Waals surface area contributed by atoms with Crippen molar-refractivity contribution < 1.29 is 9.59 Å². The van der Waals surface area contributed by atoms with E-state index < -0.39 is 0 Å². The number of unbranched alkanes of at least 4 members (excludes halogenated alkanes) is 1. The van der Waals surface area contributed by atoms with Crippen LogP contribution >= 0.6 is 0 Å². The van der Waals surface area contributed by atoms with Crippen molar-refractivity contribution in [3.05, 3.63) is 59.7 Å². The molecule has 0 spiro atoms. The standard InChI is InChI=1S/C27H35N3O2/c1-2-3-16-28-26(31)23-12-8-21(9-13-23)22-10-14-24(15-11-22)27(32)30-19-6-7-25(30)20-29-17-4-5-18-29/h8-15,25H,2-7,16-20H2,1H3,(H,28,31). The van der Waals surface area contributed by atoms with E-state index in [1.165, 1.54) is 25.9 Å². The van der Waals surface area contributed by atoms with Gasteiger partial charge in [0, 0.05) is 36.8 Å². The fourth-order valence-electron chi connectivity index (χ4n) is 4.82. The first-order valence-electron chi connectivity index (χ1n) is 12.2. The predicted octanol–water partition coefficient (Wildman–Crippen LogP) is 4.58. The molecule has 1 unspecified atom stereocenters. The van der Waals surface area contributed by atoms with Crippen LogP contribution < -0.4 is 5.32 Å². The van der Waals surface area contributed by atoms with Gasteiger partial charge < -0.3 is 15.1 Å². The van der Waals surface area contributed by atoms with Crippen molar-refractivity contribution in [1.82, 2.24) is 15.1 Å². The van der Waals surface area contributed by atoms with E-state index in [-0.39, 0.29) is 11.8 Å². The molecule has 2 saturated heterocycles. The van der Waals surface area contributed by atoms with Gasteiger partial charge in [0.2, 0.25) is 0 Å². The minimum atomic E-state index is -0.0277. The Kier molecular flexibility index (Phi) is 7.59. The highest BCUT2D eigenvalue weighted by atomic mass is 16.2. The number of rotatable bonds is 8. The number of carbonyl (C=O) groups excluding carboxylic acids is 2. The van der Waals surface area contributed by atoms with Crippen LogP contribution in [0.15, 0.2) is 48.5 Å². The van der Waals surface area contributed by atoms with E-state index in [0.717, 1.165) is 55.5 Å². The highest BCUT2D eigenvalue weighted by Gasteiger charge is 2.31. The molecule has 1 N–H and O–H groups in total. The molecule has 2 aromatic rings. The summed E-state index contributed by atoms with van der Waals surface area (Å²) in [4.78, 5) is 30.0. The molecular weight excluding hydrogens is 398 g/mol. The van der Waals surface area contributed by atoms with Gasteiger partial charge in [0.25, 0.3) is 11.8 Å². The van der Waals surface area contributed by atoms with E-state index in [4.69, 9.17) is 0 Å². The first kappa shape index (κ1) is 22.5. The normalized spacial score (nSPS) is 18.8. The van der Waals surface area contributed by atoms with Crippen LogP contribution in [-0.2, 0) is 0 Å². The Bertz CT molecular complexity index is 902. The summed E-state index contributed by atoms with van der Waals surface area (Å²) < 4.78 is 0. The van der Waals surface area contributed by atoms with Crippen LogP contribution in [0.4, 0.5) is 0 Å². The molecule has 0 aromatic heterocycles. The second-order valence-corrected chi connectivity index (χ2v) is 9.07.